The number of alkyl halides is 1. The second-order valence-electron chi connectivity index (χ2n) is 3.36. The predicted octanol–water partition coefficient (Wildman–Crippen LogP) is 3.04. The summed E-state index contributed by atoms with van der Waals surface area (Å²) in [5.74, 6) is -1.30. The van der Waals surface area contributed by atoms with Crippen LogP contribution in [0.3, 0.4) is 0 Å². The number of amides is 1. The topological polar surface area (TPSA) is 49.3 Å². The van der Waals surface area contributed by atoms with E-state index in [0.717, 1.165) is 24.2 Å². The largest absolute Gasteiger partial charge is 0.505 e. The Bertz CT molecular complexity index is 371. The fourth-order valence-electron chi connectivity index (χ4n) is 1.19. The highest BCUT2D eigenvalue weighted by atomic mass is 79.9. The maximum Gasteiger partial charge on any atom is 0.224 e. The molecule has 2 N–H and O–H groups in total. The lowest BCUT2D eigenvalue weighted by Gasteiger charge is -2.05. The Morgan fingerprint density at radius 2 is 2.19 bits per heavy atom. The van der Waals surface area contributed by atoms with Gasteiger partial charge in [-0.05, 0) is 25.0 Å². The average molecular weight is 290 g/mol. The zero-order valence-electron chi connectivity index (χ0n) is 8.67. The molecule has 0 spiro atoms. The quantitative estimate of drug-likeness (QED) is 0.497. The van der Waals surface area contributed by atoms with E-state index in [0.29, 0.717) is 12.1 Å². The normalized spacial score (nSPS) is 10.1. The van der Waals surface area contributed by atoms with Gasteiger partial charge in [-0.3, -0.25) is 4.79 Å². The molecule has 0 saturated carbocycles. The predicted molar refractivity (Wildman–Crippen MR) is 64.3 cm³/mol. The molecule has 1 rings (SSSR count). The van der Waals surface area contributed by atoms with Crippen LogP contribution in [0.4, 0.5) is 10.1 Å². The molecule has 0 aliphatic rings. The standard InChI is InChI=1S/C11H13BrFNO2/c12-6-2-1-3-11(16)14-8-4-5-10(15)9(13)7-8/h4-5,7,15H,1-3,6H2,(H,14,16). The third-order valence-corrected chi connectivity index (χ3v) is 2.58. The van der Waals surface area contributed by atoms with Crippen molar-refractivity contribution in [3.05, 3.63) is 24.0 Å². The number of carbonyl (C=O) groups is 1. The number of hydrogen-bond acceptors (Lipinski definition) is 2. The molecule has 0 aromatic heterocycles. The van der Waals surface area contributed by atoms with Crippen LogP contribution < -0.4 is 5.32 Å². The van der Waals surface area contributed by atoms with Gasteiger partial charge in [0.05, 0.1) is 0 Å². The molecule has 5 heteroatoms. The average Bonchev–Trinajstić information content (AvgIpc) is 2.24. The Labute approximate surface area is 102 Å². The number of halogens is 2. The molecule has 0 heterocycles. The molecule has 0 saturated heterocycles. The van der Waals surface area contributed by atoms with Crippen molar-refractivity contribution in [2.75, 3.05) is 10.6 Å². The summed E-state index contributed by atoms with van der Waals surface area (Å²) in [5, 5.41) is 12.4. The molecule has 0 unspecified atom stereocenters. The first-order valence-corrected chi connectivity index (χ1v) is 6.10. The fraction of sp³-hybridized carbons (Fsp3) is 0.364. The van der Waals surface area contributed by atoms with Crippen LogP contribution in [0, 0.1) is 5.82 Å². The molecule has 3 nitrogen and oxygen atoms in total. The maximum absolute atomic E-state index is 12.9. The fourth-order valence-corrected chi connectivity index (χ4v) is 1.58. The van der Waals surface area contributed by atoms with Crippen LogP contribution in [0.2, 0.25) is 0 Å². The van der Waals surface area contributed by atoms with E-state index in [-0.39, 0.29) is 5.91 Å². The summed E-state index contributed by atoms with van der Waals surface area (Å²) in [6, 6.07) is 3.77. The Balaban J connectivity index is 2.46. The van der Waals surface area contributed by atoms with Gasteiger partial charge in [-0.15, -0.1) is 0 Å². The highest BCUT2D eigenvalue weighted by Gasteiger charge is 2.05. The van der Waals surface area contributed by atoms with Crippen molar-refractivity contribution in [1.29, 1.82) is 0 Å². The zero-order chi connectivity index (χ0) is 12.0. The van der Waals surface area contributed by atoms with Crippen LogP contribution in [0.1, 0.15) is 19.3 Å². The van der Waals surface area contributed by atoms with E-state index in [4.69, 9.17) is 5.11 Å². The second-order valence-corrected chi connectivity index (χ2v) is 4.15. The molecule has 88 valence electrons. The summed E-state index contributed by atoms with van der Waals surface area (Å²) in [5.41, 5.74) is 0.360. The molecular weight excluding hydrogens is 277 g/mol. The van der Waals surface area contributed by atoms with Crippen molar-refractivity contribution in [2.45, 2.75) is 19.3 Å². The minimum atomic E-state index is -0.738. The van der Waals surface area contributed by atoms with E-state index in [2.05, 4.69) is 21.2 Å². The van der Waals surface area contributed by atoms with Crippen molar-refractivity contribution in [3.63, 3.8) is 0 Å². The maximum atomic E-state index is 12.9. The van der Waals surface area contributed by atoms with Gasteiger partial charge in [0.15, 0.2) is 11.6 Å². The van der Waals surface area contributed by atoms with Gasteiger partial charge in [-0.25, -0.2) is 4.39 Å². The number of rotatable bonds is 5. The van der Waals surface area contributed by atoms with E-state index in [9.17, 15) is 9.18 Å². The van der Waals surface area contributed by atoms with Gasteiger partial charge in [0.1, 0.15) is 0 Å². The Hall–Kier alpha value is -1.10. The Kier molecular flexibility index (Phi) is 5.25. The summed E-state index contributed by atoms with van der Waals surface area (Å²) in [6.07, 6.45) is 2.13. The van der Waals surface area contributed by atoms with Crippen LogP contribution >= 0.6 is 15.9 Å². The number of benzene rings is 1. The first-order valence-electron chi connectivity index (χ1n) is 4.98. The summed E-state index contributed by atoms with van der Waals surface area (Å²) >= 11 is 3.27. The van der Waals surface area contributed by atoms with E-state index >= 15 is 0 Å². The summed E-state index contributed by atoms with van der Waals surface area (Å²) in [4.78, 5) is 11.4. The van der Waals surface area contributed by atoms with E-state index in [1.54, 1.807) is 0 Å². The number of hydrogen-bond donors (Lipinski definition) is 2. The van der Waals surface area contributed by atoms with Crippen molar-refractivity contribution >= 4 is 27.5 Å². The second kappa shape index (κ2) is 6.48. The highest BCUT2D eigenvalue weighted by molar-refractivity contribution is 9.09. The van der Waals surface area contributed by atoms with Crippen molar-refractivity contribution in [2.24, 2.45) is 0 Å². The van der Waals surface area contributed by atoms with Gasteiger partial charge >= 0.3 is 0 Å². The lowest BCUT2D eigenvalue weighted by atomic mass is 10.2. The Morgan fingerprint density at radius 3 is 2.81 bits per heavy atom. The van der Waals surface area contributed by atoms with E-state index in [1.807, 2.05) is 0 Å². The van der Waals surface area contributed by atoms with E-state index in [1.165, 1.54) is 12.1 Å². The molecule has 0 aliphatic heterocycles. The highest BCUT2D eigenvalue weighted by Crippen LogP contribution is 2.19. The number of phenolic OH excluding ortho intramolecular Hbond substituents is 1. The molecule has 0 atom stereocenters. The molecule has 16 heavy (non-hydrogen) atoms. The minimum absolute atomic E-state index is 0.147. The van der Waals surface area contributed by atoms with Crippen LogP contribution in [0.25, 0.3) is 0 Å². The number of unbranched alkanes of at least 4 members (excludes halogenated alkanes) is 1. The summed E-state index contributed by atoms with van der Waals surface area (Å²) < 4.78 is 12.9. The number of phenols is 1. The van der Waals surface area contributed by atoms with Gasteiger partial charge in [0.2, 0.25) is 5.91 Å². The van der Waals surface area contributed by atoms with Gasteiger partial charge in [0.25, 0.3) is 0 Å². The number of nitrogens with one attached hydrogen (secondary N) is 1. The Morgan fingerprint density at radius 1 is 1.44 bits per heavy atom. The first kappa shape index (κ1) is 13.0. The molecule has 0 aliphatic carbocycles. The summed E-state index contributed by atoms with van der Waals surface area (Å²) in [7, 11) is 0. The SMILES string of the molecule is O=C(CCCCBr)Nc1ccc(O)c(F)c1. The molecule has 0 fully saturated rings. The monoisotopic (exact) mass is 289 g/mol. The smallest absolute Gasteiger partial charge is 0.224 e. The first-order chi connectivity index (χ1) is 7.63. The third kappa shape index (κ3) is 4.18. The lowest BCUT2D eigenvalue weighted by molar-refractivity contribution is -0.116. The number of anilines is 1. The van der Waals surface area contributed by atoms with Crippen LogP contribution in [-0.4, -0.2) is 16.3 Å². The number of carbonyl (C=O) groups excluding carboxylic acids is 1. The van der Waals surface area contributed by atoms with Gasteiger partial charge in [-0.1, -0.05) is 15.9 Å². The minimum Gasteiger partial charge on any atom is -0.505 e. The van der Waals surface area contributed by atoms with Gasteiger partial charge in [-0.2, -0.15) is 0 Å². The zero-order valence-corrected chi connectivity index (χ0v) is 10.3. The van der Waals surface area contributed by atoms with Crippen molar-refractivity contribution < 1.29 is 14.3 Å². The van der Waals surface area contributed by atoms with Crippen LogP contribution in [-0.2, 0) is 4.79 Å². The van der Waals surface area contributed by atoms with Gasteiger partial charge in [0, 0.05) is 23.5 Å². The molecule has 1 aromatic rings. The third-order valence-electron chi connectivity index (χ3n) is 2.02. The van der Waals surface area contributed by atoms with Crippen LogP contribution in [0.5, 0.6) is 5.75 Å². The number of aromatic hydroxyl groups is 1. The molecular formula is C11H13BrFNO2. The summed E-state index contributed by atoms with van der Waals surface area (Å²) in [6.45, 7) is 0. The molecule has 0 bridgehead atoms. The lowest BCUT2D eigenvalue weighted by Crippen LogP contribution is -2.11. The van der Waals surface area contributed by atoms with Gasteiger partial charge < -0.3 is 10.4 Å². The molecule has 1 amide bonds. The van der Waals surface area contributed by atoms with E-state index < -0.39 is 11.6 Å². The van der Waals surface area contributed by atoms with Crippen LogP contribution in [0.15, 0.2) is 18.2 Å². The molecule has 0 radical (unpaired) electrons. The van der Waals surface area contributed by atoms with Crippen molar-refractivity contribution in [3.8, 4) is 5.75 Å². The molecule has 1 aromatic carbocycles. The van der Waals surface area contributed by atoms with Crippen molar-refractivity contribution in [1.82, 2.24) is 0 Å².